The SMILES string of the molecule is CC1(C)c2ccccc2-c2ccc(-c3ccccc3-c3ccc4c(c3)c3ccccc3n4-c3ccc(C4=NC(c5ccc(-c6ccccc6)cc5)NC(c5ccc(-c6ccccc6)cc5)=N4)cc3)cc21. The van der Waals surface area contributed by atoms with E-state index in [1.54, 1.807) is 0 Å². The predicted molar refractivity (Wildman–Crippen MR) is 292 cm³/mol. The maximum absolute atomic E-state index is 5.27. The molecule has 1 unspecified atom stereocenters. The van der Waals surface area contributed by atoms with Crippen molar-refractivity contribution in [2.75, 3.05) is 0 Å². The third-order valence-corrected chi connectivity index (χ3v) is 14.5. The van der Waals surface area contributed by atoms with Crippen LogP contribution in [0, 0.1) is 0 Å². The second-order valence-corrected chi connectivity index (χ2v) is 19.0. The molecule has 0 amide bonds. The van der Waals surface area contributed by atoms with E-state index in [-0.39, 0.29) is 11.6 Å². The zero-order valence-electron chi connectivity index (χ0n) is 39.0. The molecule has 2 heterocycles. The molecule has 1 atom stereocenters. The highest BCUT2D eigenvalue weighted by molar-refractivity contribution is 6.14. The molecule has 0 bridgehead atoms. The van der Waals surface area contributed by atoms with E-state index in [2.05, 4.69) is 260 Å². The monoisotopic (exact) mass is 896 g/mol. The van der Waals surface area contributed by atoms with Gasteiger partial charge in [0.2, 0.25) is 0 Å². The Morgan fingerprint density at radius 2 is 0.886 bits per heavy atom. The Bertz CT molecular complexity index is 3840. The summed E-state index contributed by atoms with van der Waals surface area (Å²) in [5, 5.41) is 6.12. The van der Waals surface area contributed by atoms with Crippen LogP contribution in [0.5, 0.6) is 0 Å². The van der Waals surface area contributed by atoms with E-state index in [1.165, 1.54) is 72.0 Å². The minimum atomic E-state index is -0.330. The van der Waals surface area contributed by atoms with Crippen LogP contribution < -0.4 is 5.32 Å². The lowest BCUT2D eigenvalue weighted by Crippen LogP contribution is -2.33. The third kappa shape index (κ3) is 7.07. The van der Waals surface area contributed by atoms with Crippen molar-refractivity contribution in [1.82, 2.24) is 9.88 Å². The Morgan fingerprint density at radius 3 is 1.59 bits per heavy atom. The van der Waals surface area contributed by atoms with E-state index in [0.717, 1.165) is 44.8 Å². The van der Waals surface area contributed by atoms with Gasteiger partial charge in [0.15, 0.2) is 5.84 Å². The fourth-order valence-corrected chi connectivity index (χ4v) is 10.9. The molecular formula is C66H48N4. The van der Waals surface area contributed by atoms with Crippen molar-refractivity contribution in [2.45, 2.75) is 25.4 Å². The standard InChI is InChI=1S/C66H48N4/c1-66(2)59-23-13-11-21-55(59)56-39-35-51(42-60(56)66)54-20-10-9-19-53(54)50-36-40-62-58(41-50)57-22-12-14-24-61(57)70(62)52-37-33-49(34-38-52)65-68-63(47-29-25-45(26-30-47)43-15-5-3-6-16-43)67-64(69-65)48-31-27-46(28-32-48)44-17-7-4-8-18-44/h3-42,63H,1-2H3,(H,67,68,69). The summed E-state index contributed by atoms with van der Waals surface area (Å²) in [5.74, 6) is 1.47. The van der Waals surface area contributed by atoms with Crippen molar-refractivity contribution in [3.05, 3.63) is 270 Å². The molecule has 11 aromatic rings. The minimum absolute atomic E-state index is 0.0682. The van der Waals surface area contributed by atoms with Gasteiger partial charge in [0, 0.05) is 33.0 Å². The number of para-hydroxylation sites is 1. The average molecular weight is 897 g/mol. The number of hydrogen-bond acceptors (Lipinski definition) is 3. The van der Waals surface area contributed by atoms with Crippen LogP contribution in [0.15, 0.2) is 253 Å². The largest absolute Gasteiger partial charge is 0.344 e. The lowest BCUT2D eigenvalue weighted by Gasteiger charge is -2.24. The Balaban J connectivity index is 0.857. The average Bonchev–Trinajstić information content (AvgIpc) is 3.88. The Kier molecular flexibility index (Phi) is 9.88. The van der Waals surface area contributed by atoms with Gasteiger partial charge < -0.3 is 9.88 Å². The maximum Gasteiger partial charge on any atom is 0.159 e. The van der Waals surface area contributed by atoms with Crippen molar-refractivity contribution < 1.29 is 0 Å². The molecule has 70 heavy (non-hydrogen) atoms. The van der Waals surface area contributed by atoms with E-state index in [4.69, 9.17) is 9.98 Å². The van der Waals surface area contributed by atoms with Crippen LogP contribution >= 0.6 is 0 Å². The molecule has 2 aliphatic rings. The van der Waals surface area contributed by atoms with Gasteiger partial charge in [0.1, 0.15) is 12.0 Å². The number of fused-ring (bicyclic) bond motifs is 6. The van der Waals surface area contributed by atoms with Gasteiger partial charge in [-0.25, -0.2) is 9.98 Å². The van der Waals surface area contributed by atoms with E-state index in [1.807, 2.05) is 6.07 Å². The van der Waals surface area contributed by atoms with Gasteiger partial charge in [-0.2, -0.15) is 0 Å². The number of hydrogen-bond donors (Lipinski definition) is 1. The van der Waals surface area contributed by atoms with Gasteiger partial charge in [-0.15, -0.1) is 0 Å². The van der Waals surface area contributed by atoms with Gasteiger partial charge in [0.25, 0.3) is 0 Å². The maximum atomic E-state index is 5.27. The molecule has 4 nitrogen and oxygen atoms in total. The highest BCUT2D eigenvalue weighted by Gasteiger charge is 2.35. The smallest absolute Gasteiger partial charge is 0.159 e. The van der Waals surface area contributed by atoms with Gasteiger partial charge >= 0.3 is 0 Å². The van der Waals surface area contributed by atoms with Crippen molar-refractivity contribution in [1.29, 1.82) is 0 Å². The molecule has 1 aromatic heterocycles. The normalized spacial score (nSPS) is 14.7. The van der Waals surface area contributed by atoms with Crippen molar-refractivity contribution in [2.24, 2.45) is 9.98 Å². The van der Waals surface area contributed by atoms with Crippen LogP contribution in [-0.2, 0) is 5.41 Å². The highest BCUT2D eigenvalue weighted by atomic mass is 15.2. The quantitative estimate of drug-likeness (QED) is 0.162. The summed E-state index contributed by atoms with van der Waals surface area (Å²) in [6.45, 7) is 4.71. The Hall–Kier alpha value is -8.86. The third-order valence-electron chi connectivity index (χ3n) is 14.5. The summed E-state index contributed by atoms with van der Waals surface area (Å²) in [6, 6.07) is 87.5. The molecule has 0 spiro atoms. The Morgan fingerprint density at radius 1 is 0.386 bits per heavy atom. The van der Waals surface area contributed by atoms with E-state index in [9.17, 15) is 0 Å². The molecule has 0 radical (unpaired) electrons. The number of rotatable bonds is 8. The summed E-state index contributed by atoms with van der Waals surface area (Å²) in [4.78, 5) is 10.5. The van der Waals surface area contributed by atoms with E-state index >= 15 is 0 Å². The lowest BCUT2D eigenvalue weighted by molar-refractivity contribution is 0.660. The minimum Gasteiger partial charge on any atom is -0.344 e. The first kappa shape index (κ1) is 41.3. The first-order valence-electron chi connectivity index (χ1n) is 24.2. The molecule has 13 rings (SSSR count). The molecule has 10 aromatic carbocycles. The zero-order valence-corrected chi connectivity index (χ0v) is 39.0. The topological polar surface area (TPSA) is 41.7 Å². The molecule has 332 valence electrons. The van der Waals surface area contributed by atoms with Crippen molar-refractivity contribution >= 4 is 33.5 Å². The molecular weight excluding hydrogens is 849 g/mol. The molecule has 4 heteroatoms. The van der Waals surface area contributed by atoms with Gasteiger partial charge in [0.05, 0.1) is 11.0 Å². The zero-order chi connectivity index (χ0) is 46.8. The molecule has 1 aliphatic heterocycles. The van der Waals surface area contributed by atoms with Crippen LogP contribution in [0.25, 0.3) is 83.1 Å². The van der Waals surface area contributed by atoms with Crippen molar-refractivity contribution in [3.63, 3.8) is 0 Å². The number of aliphatic imine (C=N–C) groups is 2. The Labute approximate surface area is 408 Å². The molecule has 0 fully saturated rings. The number of amidine groups is 2. The number of nitrogens with one attached hydrogen (secondary N) is 1. The van der Waals surface area contributed by atoms with Gasteiger partial charge in [-0.3, -0.25) is 0 Å². The van der Waals surface area contributed by atoms with Crippen LogP contribution in [0.4, 0.5) is 0 Å². The van der Waals surface area contributed by atoms with Crippen LogP contribution in [0.2, 0.25) is 0 Å². The van der Waals surface area contributed by atoms with Crippen LogP contribution in [-0.4, -0.2) is 16.2 Å². The summed E-state index contributed by atoms with van der Waals surface area (Å²) in [5.41, 5.74) is 21.4. The molecule has 0 saturated heterocycles. The summed E-state index contributed by atoms with van der Waals surface area (Å²) >= 11 is 0. The van der Waals surface area contributed by atoms with Crippen LogP contribution in [0.3, 0.4) is 0 Å². The summed E-state index contributed by atoms with van der Waals surface area (Å²) in [6.07, 6.45) is -0.330. The number of benzene rings is 10. The van der Waals surface area contributed by atoms with Crippen LogP contribution in [0.1, 0.15) is 47.8 Å². The van der Waals surface area contributed by atoms with Gasteiger partial charge in [-0.05, 0) is 121 Å². The fourth-order valence-electron chi connectivity index (χ4n) is 10.9. The van der Waals surface area contributed by atoms with E-state index in [0.29, 0.717) is 5.84 Å². The molecule has 1 aliphatic carbocycles. The van der Waals surface area contributed by atoms with E-state index < -0.39 is 0 Å². The summed E-state index contributed by atoms with van der Waals surface area (Å²) < 4.78 is 2.38. The number of aromatic nitrogens is 1. The molecule has 1 N–H and O–H groups in total. The summed E-state index contributed by atoms with van der Waals surface area (Å²) in [7, 11) is 0. The second-order valence-electron chi connectivity index (χ2n) is 19.0. The number of nitrogens with zero attached hydrogens (tertiary/aromatic N) is 3. The predicted octanol–water partition coefficient (Wildman–Crippen LogP) is 16.3. The first-order chi connectivity index (χ1) is 34.4. The molecule has 0 saturated carbocycles. The second kappa shape index (κ2) is 16.7. The highest BCUT2D eigenvalue weighted by Crippen LogP contribution is 2.50. The van der Waals surface area contributed by atoms with Gasteiger partial charge in [-0.1, -0.05) is 208 Å². The first-order valence-corrected chi connectivity index (χ1v) is 24.2. The fraction of sp³-hybridized carbons (Fsp3) is 0.0606. The lowest BCUT2D eigenvalue weighted by atomic mass is 9.81. The van der Waals surface area contributed by atoms with Crippen molar-refractivity contribution in [3.8, 4) is 61.3 Å².